The molecule has 1 fully saturated rings. The number of amides is 2. The molecular formula is C16H22Cl3N3O2. The molecule has 0 bridgehead atoms. The van der Waals surface area contributed by atoms with Crippen LogP contribution in [0.5, 0.6) is 0 Å². The number of hydrogen-bond donors (Lipinski definition) is 2. The predicted octanol–water partition coefficient (Wildman–Crippen LogP) is 2.74. The van der Waals surface area contributed by atoms with E-state index < -0.39 is 6.04 Å². The van der Waals surface area contributed by atoms with Gasteiger partial charge in [0.25, 0.3) is 5.91 Å². The fourth-order valence-electron chi connectivity index (χ4n) is 2.55. The van der Waals surface area contributed by atoms with Gasteiger partial charge in [0.2, 0.25) is 5.91 Å². The van der Waals surface area contributed by atoms with E-state index in [0.717, 1.165) is 6.42 Å². The predicted molar refractivity (Wildman–Crippen MR) is 99.3 cm³/mol. The van der Waals surface area contributed by atoms with Gasteiger partial charge >= 0.3 is 0 Å². The molecule has 0 saturated carbocycles. The molecule has 1 aliphatic rings. The minimum absolute atomic E-state index is 0. The van der Waals surface area contributed by atoms with Crippen LogP contribution in [0.15, 0.2) is 18.2 Å². The molecule has 5 nitrogen and oxygen atoms in total. The Morgan fingerprint density at radius 2 is 2.04 bits per heavy atom. The number of benzene rings is 1. The molecule has 1 aromatic carbocycles. The summed E-state index contributed by atoms with van der Waals surface area (Å²) in [4.78, 5) is 26.6. The van der Waals surface area contributed by atoms with Gasteiger partial charge in [-0.15, -0.1) is 12.4 Å². The summed E-state index contributed by atoms with van der Waals surface area (Å²) in [6, 6.07) is 4.52. The topological polar surface area (TPSA) is 61.4 Å². The van der Waals surface area contributed by atoms with Crippen LogP contribution in [0.4, 0.5) is 0 Å². The van der Waals surface area contributed by atoms with Gasteiger partial charge in [0.05, 0.1) is 10.0 Å². The van der Waals surface area contributed by atoms with E-state index in [1.807, 2.05) is 14.0 Å². The van der Waals surface area contributed by atoms with Crippen LogP contribution in [0, 0.1) is 0 Å². The molecule has 0 aliphatic carbocycles. The van der Waals surface area contributed by atoms with Crippen LogP contribution in [0.1, 0.15) is 30.1 Å². The lowest BCUT2D eigenvalue weighted by atomic mass is 10.1. The summed E-state index contributed by atoms with van der Waals surface area (Å²) in [5.74, 6) is -0.305. The Labute approximate surface area is 158 Å². The van der Waals surface area contributed by atoms with Crippen molar-refractivity contribution in [1.82, 2.24) is 15.5 Å². The van der Waals surface area contributed by atoms with E-state index in [1.54, 1.807) is 23.1 Å². The number of carbonyl (C=O) groups is 2. The second-order valence-corrected chi connectivity index (χ2v) is 6.53. The quantitative estimate of drug-likeness (QED) is 0.807. The Morgan fingerprint density at radius 1 is 1.33 bits per heavy atom. The average molecular weight is 395 g/mol. The third-order valence-electron chi connectivity index (χ3n) is 4.06. The number of nitrogens with one attached hydrogen (secondary N) is 2. The van der Waals surface area contributed by atoms with Crippen LogP contribution in [0.3, 0.4) is 0 Å². The van der Waals surface area contributed by atoms with Crippen LogP contribution < -0.4 is 10.6 Å². The first-order valence-electron chi connectivity index (χ1n) is 7.65. The maximum Gasteiger partial charge on any atom is 0.254 e. The van der Waals surface area contributed by atoms with Crippen molar-refractivity contribution < 1.29 is 9.59 Å². The Kier molecular flexibility index (Phi) is 8.30. The smallest absolute Gasteiger partial charge is 0.254 e. The van der Waals surface area contributed by atoms with E-state index in [2.05, 4.69) is 10.6 Å². The number of nitrogens with zero attached hydrogens (tertiary/aromatic N) is 1. The highest BCUT2D eigenvalue weighted by Gasteiger charge is 2.34. The van der Waals surface area contributed by atoms with Crippen molar-refractivity contribution in [1.29, 1.82) is 0 Å². The molecule has 24 heavy (non-hydrogen) atoms. The van der Waals surface area contributed by atoms with Crippen molar-refractivity contribution in [3.05, 3.63) is 33.8 Å². The molecule has 8 heteroatoms. The maximum atomic E-state index is 12.7. The lowest BCUT2D eigenvalue weighted by Crippen LogP contribution is -2.48. The van der Waals surface area contributed by atoms with Gasteiger partial charge in [0, 0.05) is 24.7 Å². The molecule has 2 N–H and O–H groups in total. The van der Waals surface area contributed by atoms with E-state index in [0.29, 0.717) is 35.1 Å². The number of carbonyl (C=O) groups excluding carboxylic acids is 2. The SMILES string of the molecule is CNC(C)CNC(=O)C1CCCN1C(=O)c1ccc(Cl)c(Cl)c1.Cl. The molecule has 1 aliphatic heterocycles. The van der Waals surface area contributed by atoms with Gasteiger partial charge in [0.1, 0.15) is 6.04 Å². The summed E-state index contributed by atoms with van der Waals surface area (Å²) in [5.41, 5.74) is 0.447. The molecule has 2 amide bonds. The third-order valence-corrected chi connectivity index (χ3v) is 4.80. The number of likely N-dealkylation sites (tertiary alicyclic amines) is 1. The minimum atomic E-state index is -0.430. The molecular weight excluding hydrogens is 373 g/mol. The van der Waals surface area contributed by atoms with Crippen molar-refractivity contribution in [2.75, 3.05) is 20.1 Å². The highest BCUT2D eigenvalue weighted by Crippen LogP contribution is 2.25. The zero-order valence-electron chi connectivity index (χ0n) is 13.6. The van der Waals surface area contributed by atoms with Crippen molar-refractivity contribution in [3.8, 4) is 0 Å². The second kappa shape index (κ2) is 9.47. The van der Waals surface area contributed by atoms with Crippen LogP contribution in [0.2, 0.25) is 10.0 Å². The summed E-state index contributed by atoms with van der Waals surface area (Å²) < 4.78 is 0. The lowest BCUT2D eigenvalue weighted by Gasteiger charge is -2.25. The van der Waals surface area contributed by atoms with Gasteiger partial charge in [-0.05, 0) is 45.0 Å². The van der Waals surface area contributed by atoms with Crippen LogP contribution in [0.25, 0.3) is 0 Å². The number of halogens is 3. The van der Waals surface area contributed by atoms with Gasteiger partial charge < -0.3 is 15.5 Å². The van der Waals surface area contributed by atoms with E-state index in [-0.39, 0.29) is 30.3 Å². The Morgan fingerprint density at radius 3 is 2.67 bits per heavy atom. The van der Waals surface area contributed by atoms with Crippen molar-refractivity contribution >= 4 is 47.4 Å². The first-order valence-corrected chi connectivity index (χ1v) is 8.40. The molecule has 0 radical (unpaired) electrons. The largest absolute Gasteiger partial charge is 0.353 e. The van der Waals surface area contributed by atoms with E-state index in [4.69, 9.17) is 23.2 Å². The van der Waals surface area contributed by atoms with Gasteiger partial charge in [-0.2, -0.15) is 0 Å². The zero-order valence-corrected chi connectivity index (χ0v) is 16.0. The Hall–Kier alpha value is -1.01. The number of rotatable bonds is 5. The van der Waals surface area contributed by atoms with Crippen LogP contribution in [-0.2, 0) is 4.79 Å². The number of likely N-dealkylation sites (N-methyl/N-ethyl adjacent to an activating group) is 1. The zero-order chi connectivity index (χ0) is 17.0. The van der Waals surface area contributed by atoms with Crippen molar-refractivity contribution in [2.24, 2.45) is 0 Å². The molecule has 134 valence electrons. The molecule has 1 aromatic rings. The molecule has 1 heterocycles. The van der Waals surface area contributed by atoms with Crippen LogP contribution in [-0.4, -0.2) is 48.9 Å². The monoisotopic (exact) mass is 393 g/mol. The summed E-state index contributed by atoms with van der Waals surface area (Å²) in [6.45, 7) is 3.08. The van der Waals surface area contributed by atoms with Crippen molar-refractivity contribution in [3.63, 3.8) is 0 Å². The highest BCUT2D eigenvalue weighted by molar-refractivity contribution is 6.42. The van der Waals surface area contributed by atoms with Gasteiger partial charge in [-0.3, -0.25) is 9.59 Å². The second-order valence-electron chi connectivity index (χ2n) is 5.72. The molecule has 0 aromatic heterocycles. The first kappa shape index (κ1) is 21.0. The van der Waals surface area contributed by atoms with Gasteiger partial charge in [-0.25, -0.2) is 0 Å². The summed E-state index contributed by atoms with van der Waals surface area (Å²) in [6.07, 6.45) is 1.49. The maximum absolute atomic E-state index is 12.7. The van der Waals surface area contributed by atoms with Crippen LogP contribution >= 0.6 is 35.6 Å². The van der Waals surface area contributed by atoms with Gasteiger partial charge in [-0.1, -0.05) is 23.2 Å². The fraction of sp³-hybridized carbons (Fsp3) is 0.500. The lowest BCUT2D eigenvalue weighted by molar-refractivity contribution is -0.124. The highest BCUT2D eigenvalue weighted by atomic mass is 35.5. The molecule has 2 rings (SSSR count). The van der Waals surface area contributed by atoms with E-state index >= 15 is 0 Å². The molecule has 0 spiro atoms. The summed E-state index contributed by atoms with van der Waals surface area (Å²) >= 11 is 11.9. The standard InChI is InChI=1S/C16H21Cl2N3O2.ClH/c1-10(19-2)9-20-15(22)14-4-3-7-21(14)16(23)11-5-6-12(17)13(18)8-11;/h5-6,8,10,14,19H,3-4,7,9H2,1-2H3,(H,20,22);1H. The minimum Gasteiger partial charge on any atom is -0.353 e. The van der Waals surface area contributed by atoms with E-state index in [9.17, 15) is 9.59 Å². The molecule has 1 saturated heterocycles. The van der Waals surface area contributed by atoms with Crippen molar-refractivity contribution in [2.45, 2.75) is 31.8 Å². The molecule has 2 unspecified atom stereocenters. The fourth-order valence-corrected chi connectivity index (χ4v) is 2.85. The average Bonchev–Trinajstić information content (AvgIpc) is 3.03. The third kappa shape index (κ3) is 4.99. The van der Waals surface area contributed by atoms with E-state index in [1.165, 1.54) is 0 Å². The van der Waals surface area contributed by atoms with Gasteiger partial charge in [0.15, 0.2) is 0 Å². The number of hydrogen-bond acceptors (Lipinski definition) is 3. The summed E-state index contributed by atoms with van der Waals surface area (Å²) in [7, 11) is 1.84. The Bertz CT molecular complexity index is 598. The summed E-state index contributed by atoms with van der Waals surface area (Å²) in [5, 5.41) is 6.69. The molecule has 2 atom stereocenters. The first-order chi connectivity index (χ1) is 10.9. The normalized spacial score (nSPS) is 18.0. The Balaban J connectivity index is 0.00000288.